The van der Waals surface area contributed by atoms with Gasteiger partial charge in [0, 0.05) is 16.7 Å². The van der Waals surface area contributed by atoms with Crippen molar-refractivity contribution in [2.75, 3.05) is 26.4 Å². The van der Waals surface area contributed by atoms with E-state index in [1.54, 1.807) is 13.8 Å². The van der Waals surface area contributed by atoms with Gasteiger partial charge in [-0.2, -0.15) is 0 Å². The van der Waals surface area contributed by atoms with Crippen molar-refractivity contribution in [2.45, 2.75) is 72.9 Å². The molecule has 5 N–H and O–H groups in total. The van der Waals surface area contributed by atoms with Crippen LogP contribution < -0.4 is 0 Å². The lowest BCUT2D eigenvalue weighted by molar-refractivity contribution is -0.133. The standard InChI is InChI=1S/C12H26O5.3C4H6O2/c1-9(14)6-15-11(3)8-17-12(4)7-16-10(2)5-13;3*1-3(2)4(5)6/h9-14H,5-8H2,1-4H3;3*1H2,2H3,(H,5,6). The highest BCUT2D eigenvalue weighted by Gasteiger charge is 2.10. The fourth-order valence-electron chi connectivity index (χ4n) is 1.05. The second kappa shape index (κ2) is 24.6. The average Bonchev–Trinajstić information content (AvgIpc) is 2.75. The van der Waals surface area contributed by atoms with Gasteiger partial charge in [0.2, 0.25) is 0 Å². The Hall–Kier alpha value is -2.57. The van der Waals surface area contributed by atoms with E-state index in [2.05, 4.69) is 19.7 Å². The molecule has 4 atom stereocenters. The molecule has 0 aliphatic heterocycles. The van der Waals surface area contributed by atoms with Crippen LogP contribution in [0.15, 0.2) is 36.5 Å². The van der Waals surface area contributed by atoms with E-state index in [1.165, 1.54) is 20.8 Å². The molecule has 0 rings (SSSR count). The van der Waals surface area contributed by atoms with Gasteiger partial charge < -0.3 is 39.7 Å². The largest absolute Gasteiger partial charge is 0.478 e. The molecule has 11 heteroatoms. The first kappa shape index (κ1) is 39.6. The van der Waals surface area contributed by atoms with Gasteiger partial charge in [0.15, 0.2) is 0 Å². The Morgan fingerprint density at radius 1 is 0.629 bits per heavy atom. The molecule has 0 aromatic heterocycles. The zero-order valence-corrected chi connectivity index (χ0v) is 21.9. The molecule has 0 saturated heterocycles. The van der Waals surface area contributed by atoms with Crippen molar-refractivity contribution in [3.63, 3.8) is 0 Å². The number of aliphatic hydroxyl groups is 2. The molecule has 0 amide bonds. The third kappa shape index (κ3) is 39.0. The SMILES string of the molecule is C=C(C)C(=O)O.C=C(C)C(=O)O.C=C(C)C(=O)O.CC(O)COC(C)COC(C)COC(C)CO. The third-order valence-electron chi connectivity index (χ3n) is 3.21. The van der Waals surface area contributed by atoms with Crippen LogP contribution in [0, 0.1) is 0 Å². The first-order valence-corrected chi connectivity index (χ1v) is 10.7. The summed E-state index contributed by atoms with van der Waals surface area (Å²) in [5.74, 6) is -2.81. The normalized spacial score (nSPS) is 12.9. The Morgan fingerprint density at radius 3 is 1.06 bits per heavy atom. The predicted molar refractivity (Wildman–Crippen MR) is 132 cm³/mol. The zero-order valence-electron chi connectivity index (χ0n) is 21.9. The van der Waals surface area contributed by atoms with Gasteiger partial charge >= 0.3 is 17.9 Å². The average molecular weight is 509 g/mol. The Balaban J connectivity index is -0.000000218. The fraction of sp³-hybridized carbons (Fsp3) is 0.625. The lowest BCUT2D eigenvalue weighted by Gasteiger charge is -2.19. The Kier molecular flexibility index (Phi) is 27.8. The molecular weight excluding hydrogens is 464 g/mol. The van der Waals surface area contributed by atoms with Crippen molar-refractivity contribution < 1.29 is 54.1 Å². The van der Waals surface area contributed by atoms with E-state index in [-0.39, 0.29) is 41.6 Å². The summed E-state index contributed by atoms with van der Waals surface area (Å²) in [7, 11) is 0. The van der Waals surface area contributed by atoms with Crippen LogP contribution in [0.2, 0.25) is 0 Å². The summed E-state index contributed by atoms with van der Waals surface area (Å²) in [6, 6.07) is 0. The maximum absolute atomic E-state index is 9.60. The van der Waals surface area contributed by atoms with Crippen LogP contribution >= 0.6 is 0 Å². The van der Waals surface area contributed by atoms with Crippen molar-refractivity contribution in [2.24, 2.45) is 0 Å². The third-order valence-corrected chi connectivity index (χ3v) is 3.21. The molecule has 0 aliphatic carbocycles. The maximum Gasteiger partial charge on any atom is 0.330 e. The lowest BCUT2D eigenvalue weighted by atomic mass is 10.3. The molecule has 0 saturated carbocycles. The van der Waals surface area contributed by atoms with E-state index in [9.17, 15) is 14.4 Å². The molecule has 11 nitrogen and oxygen atoms in total. The van der Waals surface area contributed by atoms with E-state index < -0.39 is 24.0 Å². The number of carboxylic acid groups (broad SMARTS) is 3. The van der Waals surface area contributed by atoms with Crippen LogP contribution in [0.25, 0.3) is 0 Å². The van der Waals surface area contributed by atoms with Gasteiger partial charge in [0.1, 0.15) is 0 Å². The number of ether oxygens (including phenoxy) is 3. The Bertz CT molecular complexity index is 548. The second-order valence-corrected chi connectivity index (χ2v) is 7.72. The van der Waals surface area contributed by atoms with Crippen molar-refractivity contribution in [1.82, 2.24) is 0 Å². The monoisotopic (exact) mass is 508 g/mol. The van der Waals surface area contributed by atoms with Gasteiger partial charge in [-0.05, 0) is 48.5 Å². The van der Waals surface area contributed by atoms with Crippen molar-refractivity contribution in [3.8, 4) is 0 Å². The minimum absolute atomic E-state index is 0.0145. The van der Waals surface area contributed by atoms with Crippen LogP contribution in [0.3, 0.4) is 0 Å². The summed E-state index contributed by atoms with van der Waals surface area (Å²) in [5.41, 5.74) is 0.528. The molecule has 0 aromatic carbocycles. The van der Waals surface area contributed by atoms with Crippen LogP contribution in [0.1, 0.15) is 48.5 Å². The molecule has 0 heterocycles. The van der Waals surface area contributed by atoms with E-state index >= 15 is 0 Å². The topological polar surface area (TPSA) is 180 Å². The second-order valence-electron chi connectivity index (χ2n) is 7.72. The first-order valence-electron chi connectivity index (χ1n) is 10.7. The molecule has 0 fully saturated rings. The van der Waals surface area contributed by atoms with Crippen LogP contribution in [0.5, 0.6) is 0 Å². The van der Waals surface area contributed by atoms with Gasteiger partial charge in [-0.3, -0.25) is 0 Å². The van der Waals surface area contributed by atoms with E-state index in [0.29, 0.717) is 19.8 Å². The maximum atomic E-state index is 9.60. The highest BCUT2D eigenvalue weighted by atomic mass is 16.6. The summed E-state index contributed by atoms with van der Waals surface area (Å²) in [4.78, 5) is 28.8. The van der Waals surface area contributed by atoms with Crippen LogP contribution in [-0.4, -0.2) is 94.3 Å². The zero-order chi connectivity index (χ0) is 28.7. The molecule has 0 aliphatic rings. The fourth-order valence-corrected chi connectivity index (χ4v) is 1.05. The number of hydrogen-bond donors (Lipinski definition) is 5. The number of hydrogen-bond acceptors (Lipinski definition) is 8. The Labute approximate surface area is 208 Å². The molecule has 0 bridgehead atoms. The van der Waals surface area contributed by atoms with Crippen LogP contribution in [-0.2, 0) is 28.6 Å². The molecule has 35 heavy (non-hydrogen) atoms. The summed E-state index contributed by atoms with van der Waals surface area (Å²) >= 11 is 0. The number of aliphatic carboxylic acids is 3. The summed E-state index contributed by atoms with van der Waals surface area (Å²) in [6.45, 7) is 22.3. The lowest BCUT2D eigenvalue weighted by Crippen LogP contribution is -2.27. The van der Waals surface area contributed by atoms with Gasteiger partial charge in [-0.25, -0.2) is 14.4 Å². The minimum atomic E-state index is -0.935. The first-order chi connectivity index (χ1) is 15.9. The number of rotatable bonds is 13. The molecule has 206 valence electrons. The summed E-state index contributed by atoms with van der Waals surface area (Å²) < 4.78 is 16.2. The highest BCUT2D eigenvalue weighted by Crippen LogP contribution is 2.00. The Morgan fingerprint density at radius 2 is 0.857 bits per heavy atom. The molecule has 0 radical (unpaired) electrons. The highest BCUT2D eigenvalue weighted by molar-refractivity contribution is 5.85. The van der Waals surface area contributed by atoms with E-state index in [4.69, 9.17) is 39.7 Å². The number of aliphatic hydroxyl groups excluding tert-OH is 2. The molecule has 4 unspecified atom stereocenters. The van der Waals surface area contributed by atoms with Gasteiger partial charge in [-0.15, -0.1) is 0 Å². The van der Waals surface area contributed by atoms with Gasteiger partial charge in [0.05, 0.1) is 50.8 Å². The van der Waals surface area contributed by atoms with Crippen LogP contribution in [0.4, 0.5) is 0 Å². The van der Waals surface area contributed by atoms with Gasteiger partial charge in [0.25, 0.3) is 0 Å². The number of carbonyl (C=O) groups is 3. The summed E-state index contributed by atoms with van der Waals surface area (Å²) in [5, 5.41) is 41.5. The number of carboxylic acids is 3. The minimum Gasteiger partial charge on any atom is -0.478 e. The summed E-state index contributed by atoms with van der Waals surface area (Å²) in [6.07, 6.45) is -0.711. The smallest absolute Gasteiger partial charge is 0.330 e. The van der Waals surface area contributed by atoms with Crippen molar-refractivity contribution in [1.29, 1.82) is 0 Å². The molecule has 0 spiro atoms. The predicted octanol–water partition coefficient (Wildman–Crippen LogP) is 2.52. The quantitative estimate of drug-likeness (QED) is 0.231. The molecule has 0 aromatic rings. The van der Waals surface area contributed by atoms with Gasteiger partial charge in [-0.1, -0.05) is 19.7 Å². The van der Waals surface area contributed by atoms with E-state index in [1.807, 2.05) is 13.8 Å². The van der Waals surface area contributed by atoms with Crippen molar-refractivity contribution >= 4 is 17.9 Å². The molecular formula is C24H44O11. The van der Waals surface area contributed by atoms with E-state index in [0.717, 1.165) is 0 Å². The van der Waals surface area contributed by atoms with Crippen molar-refractivity contribution in [3.05, 3.63) is 36.5 Å².